The van der Waals surface area contributed by atoms with E-state index in [1.807, 2.05) is 0 Å². The van der Waals surface area contributed by atoms with Gasteiger partial charge in [0.2, 0.25) is 5.91 Å². The first-order valence-corrected chi connectivity index (χ1v) is 4.09. The van der Waals surface area contributed by atoms with Crippen LogP contribution in [0.3, 0.4) is 0 Å². The molecule has 5 heteroatoms. The molecular formula is C8H15NO4. The van der Waals surface area contributed by atoms with E-state index in [9.17, 15) is 9.59 Å². The fourth-order valence-corrected chi connectivity index (χ4v) is 0.840. The van der Waals surface area contributed by atoms with Gasteiger partial charge in [0.05, 0.1) is 6.61 Å². The van der Waals surface area contributed by atoms with Crippen molar-refractivity contribution in [3.05, 3.63) is 0 Å². The second-order valence-electron chi connectivity index (χ2n) is 2.48. The number of ether oxygens (including phenoxy) is 2. The van der Waals surface area contributed by atoms with Gasteiger partial charge >= 0.3 is 5.97 Å². The number of methoxy groups -OCH3 is 1. The van der Waals surface area contributed by atoms with Crippen LogP contribution in [0, 0.1) is 0 Å². The third-order valence-electron chi connectivity index (χ3n) is 1.49. The molecule has 0 aliphatic carbocycles. The minimum absolute atomic E-state index is 0.122. The van der Waals surface area contributed by atoms with Crippen molar-refractivity contribution in [2.24, 2.45) is 5.73 Å². The first-order chi connectivity index (χ1) is 6.11. The number of amides is 1. The second kappa shape index (κ2) is 6.42. The van der Waals surface area contributed by atoms with Crippen LogP contribution in [-0.2, 0) is 19.1 Å². The van der Waals surface area contributed by atoms with Crippen LogP contribution < -0.4 is 5.73 Å². The van der Waals surface area contributed by atoms with Gasteiger partial charge in [0.15, 0.2) is 6.10 Å². The van der Waals surface area contributed by atoms with Gasteiger partial charge < -0.3 is 15.2 Å². The van der Waals surface area contributed by atoms with Gasteiger partial charge in [-0.15, -0.1) is 0 Å². The van der Waals surface area contributed by atoms with Crippen LogP contribution in [0.15, 0.2) is 0 Å². The van der Waals surface area contributed by atoms with E-state index in [2.05, 4.69) is 0 Å². The van der Waals surface area contributed by atoms with Gasteiger partial charge in [-0.25, -0.2) is 4.79 Å². The van der Waals surface area contributed by atoms with Gasteiger partial charge in [-0.1, -0.05) is 0 Å². The zero-order chi connectivity index (χ0) is 10.3. The number of carbonyl (C=O) groups is 2. The van der Waals surface area contributed by atoms with Crippen molar-refractivity contribution in [1.82, 2.24) is 0 Å². The van der Waals surface area contributed by atoms with Crippen LogP contribution in [0.2, 0.25) is 0 Å². The largest absolute Gasteiger partial charge is 0.464 e. The number of rotatable bonds is 6. The lowest BCUT2D eigenvalue weighted by Crippen LogP contribution is -2.27. The van der Waals surface area contributed by atoms with E-state index in [4.69, 9.17) is 15.2 Å². The quantitative estimate of drug-likeness (QED) is 0.588. The number of nitrogens with two attached hydrogens (primary N) is 1. The summed E-state index contributed by atoms with van der Waals surface area (Å²) in [6.07, 6.45) is -0.297. The number of hydrogen-bond acceptors (Lipinski definition) is 4. The normalized spacial score (nSPS) is 12.2. The first kappa shape index (κ1) is 11.9. The number of hydrogen-bond donors (Lipinski definition) is 1. The average molecular weight is 189 g/mol. The van der Waals surface area contributed by atoms with Crippen LogP contribution in [0.25, 0.3) is 0 Å². The predicted molar refractivity (Wildman–Crippen MR) is 45.9 cm³/mol. The Bertz CT molecular complexity index is 181. The van der Waals surface area contributed by atoms with Crippen molar-refractivity contribution in [2.45, 2.75) is 25.9 Å². The Balaban J connectivity index is 3.87. The molecule has 0 bridgehead atoms. The Kier molecular flexibility index (Phi) is 5.88. The molecular weight excluding hydrogens is 174 g/mol. The number of esters is 1. The summed E-state index contributed by atoms with van der Waals surface area (Å²) in [5, 5.41) is 0. The average Bonchev–Trinajstić information content (AvgIpc) is 2.05. The Labute approximate surface area is 77.2 Å². The Morgan fingerprint density at radius 2 is 2.08 bits per heavy atom. The summed E-state index contributed by atoms with van der Waals surface area (Å²) in [5.41, 5.74) is 4.92. The van der Waals surface area contributed by atoms with Crippen molar-refractivity contribution in [1.29, 1.82) is 0 Å². The summed E-state index contributed by atoms with van der Waals surface area (Å²) < 4.78 is 9.54. The van der Waals surface area contributed by atoms with Gasteiger partial charge in [0.25, 0.3) is 0 Å². The minimum Gasteiger partial charge on any atom is -0.464 e. The lowest BCUT2D eigenvalue weighted by molar-refractivity contribution is -0.155. The van der Waals surface area contributed by atoms with Crippen LogP contribution in [0.1, 0.15) is 19.8 Å². The topological polar surface area (TPSA) is 78.6 Å². The summed E-state index contributed by atoms with van der Waals surface area (Å²) in [6, 6.07) is 0. The summed E-state index contributed by atoms with van der Waals surface area (Å²) in [7, 11) is 1.39. The molecule has 0 aromatic carbocycles. The highest BCUT2D eigenvalue weighted by Gasteiger charge is 2.19. The van der Waals surface area contributed by atoms with Crippen molar-refractivity contribution >= 4 is 11.9 Å². The van der Waals surface area contributed by atoms with Gasteiger partial charge in [-0.3, -0.25) is 4.79 Å². The van der Waals surface area contributed by atoms with Crippen LogP contribution >= 0.6 is 0 Å². The summed E-state index contributed by atoms with van der Waals surface area (Å²) in [6.45, 7) is 2.01. The molecule has 0 aromatic heterocycles. The molecule has 0 saturated carbocycles. The molecule has 1 amide bonds. The summed E-state index contributed by atoms with van der Waals surface area (Å²) >= 11 is 0. The second-order valence-corrected chi connectivity index (χ2v) is 2.48. The molecule has 0 radical (unpaired) electrons. The first-order valence-electron chi connectivity index (χ1n) is 4.09. The smallest absolute Gasteiger partial charge is 0.335 e. The molecule has 0 spiro atoms. The highest BCUT2D eigenvalue weighted by Crippen LogP contribution is 2.03. The molecule has 5 nitrogen and oxygen atoms in total. The molecule has 0 rings (SSSR count). The molecule has 0 fully saturated rings. The predicted octanol–water partition coefficient (Wildman–Crippen LogP) is -0.170. The number of carbonyl (C=O) groups excluding carboxylic acids is 2. The highest BCUT2D eigenvalue weighted by molar-refractivity contribution is 5.77. The van der Waals surface area contributed by atoms with Crippen molar-refractivity contribution < 1.29 is 19.1 Å². The fraction of sp³-hybridized carbons (Fsp3) is 0.750. The van der Waals surface area contributed by atoms with Crippen molar-refractivity contribution in [2.75, 3.05) is 13.7 Å². The lowest BCUT2D eigenvalue weighted by atomic mass is 10.2. The molecule has 0 heterocycles. The standard InChI is InChI=1S/C8H15NO4/c1-3-13-8(11)6(12-2)4-5-7(9)10/h6H,3-5H2,1-2H3,(H2,9,10). The van der Waals surface area contributed by atoms with Gasteiger partial charge in [-0.05, 0) is 13.3 Å². The SMILES string of the molecule is CCOC(=O)C(CCC(N)=O)OC. The summed E-state index contributed by atoms with van der Waals surface area (Å²) in [4.78, 5) is 21.5. The highest BCUT2D eigenvalue weighted by atomic mass is 16.6. The lowest BCUT2D eigenvalue weighted by Gasteiger charge is -2.12. The van der Waals surface area contributed by atoms with E-state index in [0.717, 1.165) is 0 Å². The Morgan fingerprint density at radius 3 is 2.46 bits per heavy atom. The molecule has 0 aliphatic heterocycles. The van der Waals surface area contributed by atoms with E-state index < -0.39 is 18.0 Å². The van der Waals surface area contributed by atoms with E-state index in [1.54, 1.807) is 6.92 Å². The summed E-state index contributed by atoms with van der Waals surface area (Å²) in [5.74, 6) is -0.905. The monoisotopic (exact) mass is 189 g/mol. The number of primary amides is 1. The van der Waals surface area contributed by atoms with E-state index >= 15 is 0 Å². The maximum atomic E-state index is 11.1. The minimum atomic E-state index is -0.688. The molecule has 0 saturated heterocycles. The van der Waals surface area contributed by atoms with Crippen LogP contribution in [0.5, 0.6) is 0 Å². The van der Waals surface area contributed by atoms with Crippen LogP contribution in [-0.4, -0.2) is 31.7 Å². The maximum Gasteiger partial charge on any atom is 0.335 e. The van der Waals surface area contributed by atoms with Gasteiger partial charge in [0.1, 0.15) is 0 Å². The van der Waals surface area contributed by atoms with E-state index in [0.29, 0.717) is 6.61 Å². The fourth-order valence-electron chi connectivity index (χ4n) is 0.840. The molecule has 0 aliphatic rings. The molecule has 1 unspecified atom stereocenters. The zero-order valence-electron chi connectivity index (χ0n) is 7.91. The third-order valence-corrected chi connectivity index (χ3v) is 1.49. The van der Waals surface area contributed by atoms with E-state index in [1.165, 1.54) is 7.11 Å². The van der Waals surface area contributed by atoms with E-state index in [-0.39, 0.29) is 12.8 Å². The van der Waals surface area contributed by atoms with Gasteiger partial charge in [-0.2, -0.15) is 0 Å². The molecule has 13 heavy (non-hydrogen) atoms. The maximum absolute atomic E-state index is 11.1. The molecule has 76 valence electrons. The molecule has 0 aromatic rings. The molecule has 1 atom stereocenters. The third kappa shape index (κ3) is 5.19. The Morgan fingerprint density at radius 1 is 1.46 bits per heavy atom. The van der Waals surface area contributed by atoms with Crippen molar-refractivity contribution in [3.8, 4) is 0 Å². The van der Waals surface area contributed by atoms with Crippen molar-refractivity contribution in [3.63, 3.8) is 0 Å². The molecule has 2 N–H and O–H groups in total. The Hall–Kier alpha value is -1.10. The van der Waals surface area contributed by atoms with Crippen LogP contribution in [0.4, 0.5) is 0 Å². The van der Waals surface area contributed by atoms with Gasteiger partial charge in [0, 0.05) is 13.5 Å². The zero-order valence-corrected chi connectivity index (χ0v) is 7.91.